The molecule has 1 aromatic rings. The third kappa shape index (κ3) is 13.0. The molecule has 2 rings (SSSR count). The number of aliphatic hydroxyl groups is 1. The zero-order chi connectivity index (χ0) is 34.1. The van der Waals surface area contributed by atoms with Crippen molar-refractivity contribution in [3.05, 3.63) is 48.0 Å². The summed E-state index contributed by atoms with van der Waals surface area (Å²) in [6.45, 7) is 27.0. The summed E-state index contributed by atoms with van der Waals surface area (Å²) in [6, 6.07) is 10.8. The highest BCUT2D eigenvalue weighted by Crippen LogP contribution is 2.46. The maximum Gasteiger partial charge on any atom is 0.306 e. The van der Waals surface area contributed by atoms with Gasteiger partial charge in [-0.1, -0.05) is 84.0 Å². The van der Waals surface area contributed by atoms with Gasteiger partial charge in [0.15, 0.2) is 16.6 Å². The van der Waals surface area contributed by atoms with E-state index >= 15 is 0 Å². The monoisotopic (exact) mass is 660 g/mol. The van der Waals surface area contributed by atoms with E-state index in [1.807, 2.05) is 13.8 Å². The fourth-order valence-corrected chi connectivity index (χ4v) is 8.64. The number of aliphatic hydroxyl groups excluding tert-OH is 1. The molecule has 0 heterocycles. The van der Waals surface area contributed by atoms with Crippen molar-refractivity contribution in [2.45, 2.75) is 174 Å². The molecule has 0 unspecified atom stereocenters. The van der Waals surface area contributed by atoms with Crippen molar-refractivity contribution in [2.24, 2.45) is 11.8 Å². The van der Waals surface area contributed by atoms with Crippen LogP contribution in [0.3, 0.4) is 0 Å². The molecule has 0 bridgehead atoms. The first-order valence-corrected chi connectivity index (χ1v) is 23.5. The van der Waals surface area contributed by atoms with Gasteiger partial charge in [0.1, 0.15) is 0 Å². The zero-order valence-corrected chi connectivity index (χ0v) is 32.9. The third-order valence-corrected chi connectivity index (χ3v) is 19.7. The molecule has 0 radical (unpaired) electrons. The Labute approximate surface area is 279 Å². The smallest absolute Gasteiger partial charge is 0.306 e. The molecule has 45 heavy (non-hydrogen) atoms. The molecule has 1 aliphatic rings. The molecule has 0 aromatic heterocycles. The molecule has 1 fully saturated rings. The van der Waals surface area contributed by atoms with Crippen LogP contribution in [0.4, 0.5) is 0 Å². The Morgan fingerprint density at radius 1 is 0.933 bits per heavy atom. The van der Waals surface area contributed by atoms with Crippen LogP contribution >= 0.6 is 0 Å². The number of rotatable bonds is 17. The fourth-order valence-electron chi connectivity index (χ4n) is 5.83. The lowest BCUT2D eigenvalue weighted by atomic mass is 9.85. The summed E-state index contributed by atoms with van der Waals surface area (Å²) in [4.78, 5) is 11.9. The summed E-state index contributed by atoms with van der Waals surface area (Å²) in [5.41, 5.74) is 1.36. The van der Waals surface area contributed by atoms with Crippen molar-refractivity contribution in [3.8, 4) is 0 Å². The second-order valence-electron chi connectivity index (χ2n) is 16.8. The van der Waals surface area contributed by atoms with Crippen molar-refractivity contribution < 1.29 is 23.5 Å². The van der Waals surface area contributed by atoms with Gasteiger partial charge in [-0.15, -0.1) is 0 Å². The number of carbonyl (C=O) groups is 1. The lowest BCUT2D eigenvalue weighted by molar-refractivity contribution is -0.147. The average Bonchev–Trinajstić information content (AvgIpc) is 3.19. The van der Waals surface area contributed by atoms with Gasteiger partial charge < -0.3 is 18.7 Å². The molecule has 1 aromatic carbocycles. The van der Waals surface area contributed by atoms with Crippen molar-refractivity contribution in [2.75, 3.05) is 0 Å². The number of carbonyl (C=O) groups excluding carboxylic acids is 1. The number of hydrogen-bond donors (Lipinski definition) is 1. The Hall–Kier alpha value is -1.26. The molecule has 1 N–H and O–H groups in total. The minimum atomic E-state index is -2.02. The lowest BCUT2D eigenvalue weighted by Gasteiger charge is -2.41. The molecule has 1 saturated carbocycles. The molecule has 1 aliphatic carbocycles. The summed E-state index contributed by atoms with van der Waals surface area (Å²) in [5, 5.41) is 11.7. The van der Waals surface area contributed by atoms with Crippen LogP contribution in [0, 0.1) is 11.8 Å². The number of hydrogen-bond acceptors (Lipinski definition) is 5. The van der Waals surface area contributed by atoms with E-state index in [0.717, 1.165) is 44.9 Å². The van der Waals surface area contributed by atoms with Crippen LogP contribution in [0.25, 0.3) is 0 Å². The predicted octanol–water partition coefficient (Wildman–Crippen LogP) is 10.2. The standard InChI is InChI=1S/C38H68O5Si2/c1-29(2)41-36(40)23-19-14-13-18-22-32-33(35(28-34(32)39)43-45(11,12)38(6,7)8)27-26-31(42-44(9,10)37(3,4)5)25-24-30-20-16-15-17-21-30/h13,15-18,20-21,29,31-35,39H,14,19,22-28H2,1-12H3/t31-,32+,33+,34+,35+/m0/s1. The molecular weight excluding hydrogens is 593 g/mol. The maximum atomic E-state index is 11.9. The van der Waals surface area contributed by atoms with E-state index in [9.17, 15) is 9.90 Å². The topological polar surface area (TPSA) is 65.0 Å². The first kappa shape index (κ1) is 39.9. The van der Waals surface area contributed by atoms with Gasteiger partial charge in [-0.2, -0.15) is 0 Å². The summed E-state index contributed by atoms with van der Waals surface area (Å²) in [6.07, 6.45) is 11.8. The Morgan fingerprint density at radius 2 is 1.56 bits per heavy atom. The quantitative estimate of drug-likeness (QED) is 0.0780. The molecule has 258 valence electrons. The van der Waals surface area contributed by atoms with Crippen molar-refractivity contribution in [1.82, 2.24) is 0 Å². The van der Waals surface area contributed by atoms with Crippen molar-refractivity contribution in [1.29, 1.82) is 0 Å². The molecule has 5 atom stereocenters. The van der Waals surface area contributed by atoms with Gasteiger partial charge in [0.2, 0.25) is 0 Å². The van der Waals surface area contributed by atoms with Crippen molar-refractivity contribution in [3.63, 3.8) is 0 Å². The Morgan fingerprint density at radius 3 is 2.13 bits per heavy atom. The van der Waals surface area contributed by atoms with Gasteiger partial charge in [-0.25, -0.2) is 0 Å². The Balaban J connectivity index is 2.21. The summed E-state index contributed by atoms with van der Waals surface area (Å²) >= 11 is 0. The lowest BCUT2D eigenvalue weighted by Crippen LogP contribution is -2.45. The van der Waals surface area contributed by atoms with Gasteiger partial charge in [0, 0.05) is 12.5 Å². The summed E-state index contributed by atoms with van der Waals surface area (Å²) < 4.78 is 19.4. The minimum Gasteiger partial charge on any atom is -0.463 e. The van der Waals surface area contributed by atoms with Gasteiger partial charge in [0.05, 0.1) is 18.3 Å². The highest BCUT2D eigenvalue weighted by atomic mass is 28.4. The first-order valence-electron chi connectivity index (χ1n) is 17.7. The largest absolute Gasteiger partial charge is 0.463 e. The summed E-state index contributed by atoms with van der Waals surface area (Å²) in [5.74, 6) is 0.309. The SMILES string of the molecule is CC(C)OC(=O)CCCC=CC[C@@H]1[C@@H](CC[C@H](CCc2ccccc2)O[Si](C)(C)C(C)(C)C)[C@H](O[Si](C)(C)C(C)(C)C)C[C@H]1O. The predicted molar refractivity (Wildman–Crippen MR) is 195 cm³/mol. The molecule has 0 amide bonds. The zero-order valence-electron chi connectivity index (χ0n) is 30.9. The normalized spacial score (nSPS) is 22.4. The van der Waals surface area contributed by atoms with Crippen LogP contribution in [0.5, 0.6) is 0 Å². The van der Waals surface area contributed by atoms with E-state index < -0.39 is 16.6 Å². The van der Waals surface area contributed by atoms with Crippen LogP contribution in [0.1, 0.15) is 112 Å². The Bertz CT molecular complexity index is 1040. The number of allylic oxidation sites excluding steroid dienone is 2. The number of unbranched alkanes of at least 4 members (excludes halogenated alkanes) is 1. The molecule has 0 aliphatic heterocycles. The second kappa shape index (κ2) is 17.2. The van der Waals surface area contributed by atoms with Gasteiger partial charge >= 0.3 is 5.97 Å². The van der Waals surface area contributed by atoms with E-state index in [-0.39, 0.29) is 52.3 Å². The Kier molecular flexibility index (Phi) is 15.3. The van der Waals surface area contributed by atoms with E-state index in [4.69, 9.17) is 13.6 Å². The van der Waals surface area contributed by atoms with Gasteiger partial charge in [0.25, 0.3) is 0 Å². The third-order valence-electron chi connectivity index (χ3n) is 10.6. The van der Waals surface area contributed by atoms with Crippen molar-refractivity contribution >= 4 is 22.6 Å². The minimum absolute atomic E-state index is 0.0627. The number of esters is 1. The van der Waals surface area contributed by atoms with Crippen LogP contribution in [0.15, 0.2) is 42.5 Å². The van der Waals surface area contributed by atoms with E-state index in [2.05, 4.69) is 110 Å². The molecule has 5 nitrogen and oxygen atoms in total. The highest BCUT2D eigenvalue weighted by molar-refractivity contribution is 6.74. The average molecular weight is 661 g/mol. The number of ether oxygens (including phenoxy) is 1. The van der Waals surface area contributed by atoms with Gasteiger partial charge in [-0.3, -0.25) is 4.79 Å². The molecular formula is C38H68O5Si2. The molecule has 0 spiro atoms. The first-order chi connectivity index (χ1) is 20.7. The molecule has 0 saturated heterocycles. The van der Waals surface area contributed by atoms with Crippen LogP contribution in [-0.4, -0.2) is 52.1 Å². The van der Waals surface area contributed by atoms with Crippen LogP contribution in [-0.2, 0) is 24.8 Å². The second-order valence-corrected chi connectivity index (χ2v) is 26.3. The van der Waals surface area contributed by atoms with Crippen LogP contribution < -0.4 is 0 Å². The van der Waals surface area contributed by atoms with Gasteiger partial charge in [-0.05, 0) is 119 Å². The highest BCUT2D eigenvalue weighted by Gasteiger charge is 2.48. The maximum absolute atomic E-state index is 11.9. The van der Waals surface area contributed by atoms with E-state index in [1.165, 1.54) is 5.56 Å². The number of aryl methyl sites for hydroxylation is 1. The number of benzene rings is 1. The fraction of sp³-hybridized carbons (Fsp3) is 0.763. The summed E-state index contributed by atoms with van der Waals surface area (Å²) in [7, 11) is -3.98. The van der Waals surface area contributed by atoms with E-state index in [0.29, 0.717) is 12.8 Å². The van der Waals surface area contributed by atoms with E-state index in [1.54, 1.807) is 0 Å². The van der Waals surface area contributed by atoms with Crippen LogP contribution in [0.2, 0.25) is 36.3 Å². The molecule has 7 heteroatoms.